The van der Waals surface area contributed by atoms with Crippen molar-refractivity contribution in [2.45, 2.75) is 31.1 Å². The molecule has 1 fully saturated rings. The van der Waals surface area contributed by atoms with E-state index in [0.717, 1.165) is 5.56 Å². The van der Waals surface area contributed by atoms with E-state index in [1.165, 1.54) is 10.8 Å². The number of hydrogen-bond donors (Lipinski definition) is 4. The molecule has 0 saturated carbocycles. The highest BCUT2D eigenvalue weighted by Gasteiger charge is 2.45. The van der Waals surface area contributed by atoms with E-state index in [1.54, 1.807) is 0 Å². The fraction of sp³-hybridized carbons (Fsp3) is 0.353. The lowest BCUT2D eigenvalue weighted by atomic mass is 10.1. The van der Waals surface area contributed by atoms with Gasteiger partial charge in [0.1, 0.15) is 23.8 Å². The average molecular weight is 375 g/mol. The normalized spacial score (nSPS) is 25.2. The summed E-state index contributed by atoms with van der Waals surface area (Å²) in [4.78, 5) is 11.6. The molecule has 142 valence electrons. The van der Waals surface area contributed by atoms with Crippen LogP contribution in [0.15, 0.2) is 36.5 Å². The first kappa shape index (κ1) is 17.7. The zero-order chi connectivity index (χ0) is 19.0. The van der Waals surface area contributed by atoms with Crippen LogP contribution in [0.5, 0.6) is 0 Å². The minimum absolute atomic E-state index is 0.105. The second-order valence-electron chi connectivity index (χ2n) is 6.22. The molecular formula is C17H18FN5O4. The standard InChI is InChI=1S/C17H18FN5O4/c18-16-19-7-10-14(22-16)23(15-13(26)12(25)11(8-24)27-15)17(21-10)20-6-9-4-2-1-3-5-9/h1-5,7,11-13,15,24-26H,6,8H2,(H,20,21)/t11-,12-,13+,15-/m1/s1. The molecule has 1 aromatic carbocycles. The Morgan fingerprint density at radius 2 is 1.93 bits per heavy atom. The van der Waals surface area contributed by atoms with Gasteiger partial charge in [0.05, 0.1) is 12.8 Å². The maximum Gasteiger partial charge on any atom is 0.310 e. The molecule has 3 heterocycles. The topological polar surface area (TPSA) is 126 Å². The summed E-state index contributed by atoms with van der Waals surface area (Å²) in [6.45, 7) is -0.0631. The van der Waals surface area contributed by atoms with Crippen molar-refractivity contribution < 1.29 is 24.4 Å². The largest absolute Gasteiger partial charge is 0.394 e. The van der Waals surface area contributed by atoms with Gasteiger partial charge < -0.3 is 25.4 Å². The molecule has 4 atom stereocenters. The van der Waals surface area contributed by atoms with Crippen molar-refractivity contribution in [3.05, 3.63) is 48.2 Å². The molecule has 4 N–H and O–H groups in total. The Bertz CT molecular complexity index is 938. The smallest absolute Gasteiger partial charge is 0.310 e. The van der Waals surface area contributed by atoms with Crippen LogP contribution >= 0.6 is 0 Å². The van der Waals surface area contributed by atoms with Gasteiger partial charge in [0.25, 0.3) is 0 Å². The predicted octanol–water partition coefficient (Wildman–Crippen LogP) is 0.189. The quantitative estimate of drug-likeness (QED) is 0.466. The Morgan fingerprint density at radius 1 is 1.15 bits per heavy atom. The zero-order valence-corrected chi connectivity index (χ0v) is 14.1. The molecule has 27 heavy (non-hydrogen) atoms. The van der Waals surface area contributed by atoms with Gasteiger partial charge in [-0.15, -0.1) is 0 Å². The van der Waals surface area contributed by atoms with E-state index in [0.29, 0.717) is 12.1 Å². The van der Waals surface area contributed by atoms with E-state index in [1.807, 2.05) is 30.3 Å². The molecule has 0 bridgehead atoms. The summed E-state index contributed by atoms with van der Waals surface area (Å²) in [6, 6.07) is 9.54. The third-order valence-electron chi connectivity index (χ3n) is 4.47. The van der Waals surface area contributed by atoms with Gasteiger partial charge in [0.15, 0.2) is 11.9 Å². The van der Waals surface area contributed by atoms with Crippen molar-refractivity contribution in [3.8, 4) is 0 Å². The van der Waals surface area contributed by atoms with Crippen LogP contribution in [-0.4, -0.2) is 59.8 Å². The van der Waals surface area contributed by atoms with Gasteiger partial charge in [0.2, 0.25) is 5.95 Å². The molecule has 1 aliphatic rings. The summed E-state index contributed by atoms with van der Waals surface area (Å²) >= 11 is 0. The minimum Gasteiger partial charge on any atom is -0.394 e. The Hall–Kier alpha value is -2.66. The van der Waals surface area contributed by atoms with Crippen molar-refractivity contribution in [1.82, 2.24) is 19.5 Å². The third kappa shape index (κ3) is 3.23. The molecule has 10 heteroatoms. The molecule has 3 aromatic rings. The third-order valence-corrected chi connectivity index (χ3v) is 4.47. The molecule has 0 aliphatic carbocycles. The molecule has 0 amide bonds. The van der Waals surface area contributed by atoms with Gasteiger partial charge in [-0.2, -0.15) is 9.37 Å². The fourth-order valence-electron chi connectivity index (χ4n) is 3.11. The highest BCUT2D eigenvalue weighted by Crippen LogP contribution is 2.34. The molecule has 0 unspecified atom stereocenters. The van der Waals surface area contributed by atoms with Crippen LogP contribution in [0.4, 0.5) is 10.3 Å². The van der Waals surface area contributed by atoms with E-state index in [2.05, 4.69) is 20.3 Å². The molecule has 0 radical (unpaired) electrons. The van der Waals surface area contributed by atoms with E-state index in [9.17, 15) is 19.7 Å². The second kappa shape index (κ2) is 7.16. The Balaban J connectivity index is 1.73. The number of aromatic nitrogens is 4. The molecule has 9 nitrogen and oxygen atoms in total. The highest BCUT2D eigenvalue weighted by atomic mass is 19.1. The maximum absolute atomic E-state index is 13.6. The summed E-state index contributed by atoms with van der Waals surface area (Å²) in [5.74, 6) is 0.267. The molecule has 4 rings (SSSR count). The Morgan fingerprint density at radius 3 is 2.63 bits per heavy atom. The van der Waals surface area contributed by atoms with Crippen molar-refractivity contribution >= 4 is 17.1 Å². The molecule has 1 saturated heterocycles. The lowest BCUT2D eigenvalue weighted by molar-refractivity contribution is -0.0502. The van der Waals surface area contributed by atoms with Gasteiger partial charge in [0, 0.05) is 6.54 Å². The number of imidazole rings is 1. The number of nitrogens with zero attached hydrogens (tertiary/aromatic N) is 4. The number of benzene rings is 1. The van der Waals surface area contributed by atoms with Crippen LogP contribution in [0.3, 0.4) is 0 Å². The minimum atomic E-state index is -1.35. The molecule has 2 aromatic heterocycles. The number of nitrogens with one attached hydrogen (secondary N) is 1. The monoisotopic (exact) mass is 375 g/mol. The molecule has 1 aliphatic heterocycles. The van der Waals surface area contributed by atoms with E-state index < -0.39 is 37.2 Å². The maximum atomic E-state index is 13.6. The van der Waals surface area contributed by atoms with E-state index in [4.69, 9.17) is 4.74 Å². The first-order chi connectivity index (χ1) is 13.1. The van der Waals surface area contributed by atoms with Crippen LogP contribution in [0, 0.1) is 6.08 Å². The average Bonchev–Trinajstić information content (AvgIpc) is 3.18. The number of fused-ring (bicyclic) bond motifs is 1. The van der Waals surface area contributed by atoms with E-state index in [-0.39, 0.29) is 11.6 Å². The van der Waals surface area contributed by atoms with Gasteiger partial charge in [-0.1, -0.05) is 30.3 Å². The van der Waals surface area contributed by atoms with Crippen LogP contribution < -0.4 is 5.32 Å². The van der Waals surface area contributed by atoms with Crippen LogP contribution in [0.25, 0.3) is 11.2 Å². The lowest BCUT2D eigenvalue weighted by Gasteiger charge is -2.19. The number of hydrogen-bond acceptors (Lipinski definition) is 8. The van der Waals surface area contributed by atoms with Crippen molar-refractivity contribution in [1.29, 1.82) is 0 Å². The number of rotatable bonds is 5. The van der Waals surface area contributed by atoms with Gasteiger partial charge >= 0.3 is 6.08 Å². The fourth-order valence-corrected chi connectivity index (χ4v) is 3.11. The van der Waals surface area contributed by atoms with Crippen molar-refractivity contribution in [3.63, 3.8) is 0 Å². The SMILES string of the molecule is OC[C@H]1O[C@@H](n2c(NCc3ccccc3)nc3cnc(F)nc32)[C@@H](O)[C@@H]1O. The number of aliphatic hydroxyl groups is 3. The van der Waals surface area contributed by atoms with Crippen molar-refractivity contribution in [2.24, 2.45) is 0 Å². The van der Waals surface area contributed by atoms with Gasteiger partial charge in [-0.3, -0.25) is 4.57 Å². The molecule has 0 spiro atoms. The van der Waals surface area contributed by atoms with Gasteiger partial charge in [-0.05, 0) is 5.56 Å². The lowest BCUT2D eigenvalue weighted by Crippen LogP contribution is -2.33. The first-order valence-electron chi connectivity index (χ1n) is 8.39. The predicted molar refractivity (Wildman–Crippen MR) is 92.1 cm³/mol. The number of anilines is 1. The van der Waals surface area contributed by atoms with Crippen LogP contribution in [0.1, 0.15) is 11.8 Å². The summed E-state index contributed by atoms with van der Waals surface area (Å²) in [5, 5.41) is 32.9. The van der Waals surface area contributed by atoms with Crippen LogP contribution in [-0.2, 0) is 11.3 Å². The van der Waals surface area contributed by atoms with E-state index >= 15 is 0 Å². The van der Waals surface area contributed by atoms with Crippen LogP contribution in [0.2, 0.25) is 0 Å². The summed E-state index contributed by atoms with van der Waals surface area (Å²) in [6.07, 6.45) is -4.46. The Kier molecular flexibility index (Phi) is 4.70. The summed E-state index contributed by atoms with van der Waals surface area (Å²) in [7, 11) is 0. The first-order valence-corrected chi connectivity index (χ1v) is 8.39. The molecular weight excluding hydrogens is 357 g/mol. The van der Waals surface area contributed by atoms with Gasteiger partial charge in [-0.25, -0.2) is 9.97 Å². The zero-order valence-electron chi connectivity index (χ0n) is 14.1. The number of ether oxygens (including phenoxy) is 1. The Labute approximate surface area is 153 Å². The summed E-state index contributed by atoms with van der Waals surface area (Å²) in [5.41, 5.74) is 1.38. The summed E-state index contributed by atoms with van der Waals surface area (Å²) < 4.78 is 20.5. The number of aliphatic hydroxyl groups excluding tert-OH is 3. The van der Waals surface area contributed by atoms with Crippen molar-refractivity contribution in [2.75, 3.05) is 11.9 Å². The highest BCUT2D eigenvalue weighted by molar-refractivity contribution is 5.73. The number of halogens is 1. The second-order valence-corrected chi connectivity index (χ2v) is 6.22.